The van der Waals surface area contributed by atoms with Gasteiger partial charge in [0.25, 0.3) is 5.91 Å². The third-order valence-electron chi connectivity index (χ3n) is 3.63. The maximum Gasteiger partial charge on any atom is 0.387 e. The van der Waals surface area contributed by atoms with Crippen molar-refractivity contribution in [1.29, 1.82) is 0 Å². The number of hydrogen-bond acceptors (Lipinski definition) is 7. The predicted molar refractivity (Wildman–Crippen MR) is 105 cm³/mol. The van der Waals surface area contributed by atoms with Gasteiger partial charge in [0.2, 0.25) is 0 Å². The number of halogens is 3. The van der Waals surface area contributed by atoms with Crippen LogP contribution in [0, 0.1) is 6.92 Å². The molecule has 1 amide bonds. The molecule has 0 saturated heterocycles. The quantitative estimate of drug-likeness (QED) is 0.567. The highest BCUT2D eigenvalue weighted by molar-refractivity contribution is 9.10. The van der Waals surface area contributed by atoms with Gasteiger partial charge < -0.3 is 19.5 Å². The van der Waals surface area contributed by atoms with Crippen LogP contribution in [0.1, 0.15) is 42.9 Å². The highest BCUT2D eigenvalue weighted by atomic mass is 79.9. The van der Waals surface area contributed by atoms with Crippen molar-refractivity contribution in [2.45, 2.75) is 20.5 Å². The maximum absolute atomic E-state index is 12.7. The Kier molecular flexibility index (Phi) is 7.68. The molecule has 29 heavy (non-hydrogen) atoms. The van der Waals surface area contributed by atoms with E-state index in [9.17, 15) is 23.2 Å². The molecule has 1 heterocycles. The zero-order valence-electron chi connectivity index (χ0n) is 15.5. The highest BCUT2D eigenvalue weighted by Crippen LogP contribution is 2.35. The van der Waals surface area contributed by atoms with E-state index in [4.69, 9.17) is 9.47 Å². The Balaban J connectivity index is 2.47. The summed E-state index contributed by atoms with van der Waals surface area (Å²) in [6.45, 7) is 0.128. The third kappa shape index (κ3) is 5.30. The van der Waals surface area contributed by atoms with E-state index in [1.165, 1.54) is 25.1 Å². The number of hydrogen-bond donors (Lipinski definition) is 1. The van der Waals surface area contributed by atoms with Crippen molar-refractivity contribution in [2.24, 2.45) is 0 Å². The fourth-order valence-electron chi connectivity index (χ4n) is 2.39. The first-order valence-electron chi connectivity index (χ1n) is 8.14. The van der Waals surface area contributed by atoms with Gasteiger partial charge in [-0.05, 0) is 37.6 Å². The number of carbonyl (C=O) groups is 3. The molecule has 11 heteroatoms. The number of thiophene rings is 1. The average Bonchev–Trinajstić information content (AvgIpc) is 2.98. The van der Waals surface area contributed by atoms with E-state index in [1.807, 2.05) is 0 Å². The third-order valence-corrected chi connectivity index (χ3v) is 5.31. The molecule has 0 bridgehead atoms. The molecular weight excluding hydrogens is 476 g/mol. The van der Waals surface area contributed by atoms with E-state index in [-0.39, 0.29) is 38.9 Å². The zero-order valence-corrected chi connectivity index (χ0v) is 17.9. The summed E-state index contributed by atoms with van der Waals surface area (Å²) in [5, 5.41) is 2.49. The van der Waals surface area contributed by atoms with Crippen LogP contribution in [0.25, 0.3) is 0 Å². The molecule has 0 radical (unpaired) electrons. The summed E-state index contributed by atoms with van der Waals surface area (Å²) in [6, 6.07) is 3.93. The summed E-state index contributed by atoms with van der Waals surface area (Å²) < 4.78 is 39.8. The van der Waals surface area contributed by atoms with Crippen LogP contribution < -0.4 is 10.1 Å². The largest absolute Gasteiger partial charge is 0.465 e. The lowest BCUT2D eigenvalue weighted by Crippen LogP contribution is -2.16. The summed E-state index contributed by atoms with van der Waals surface area (Å²) in [6.07, 6.45) is 0. The van der Waals surface area contributed by atoms with Crippen molar-refractivity contribution in [1.82, 2.24) is 0 Å². The standard InChI is InChI=1S/C18H16BrF2NO6S/c1-4-27-17(25)13-8(2)12(16(24)26-3)15(29-13)22-14(23)10-7-9(19)5-6-11(10)28-18(20)21/h5-7,18H,4H2,1-3H3,(H,22,23). The van der Waals surface area contributed by atoms with Gasteiger partial charge in [-0.25, -0.2) is 9.59 Å². The minimum absolute atomic E-state index is 0.0189. The molecule has 0 aliphatic rings. The molecule has 2 rings (SSSR count). The van der Waals surface area contributed by atoms with Crippen molar-refractivity contribution in [3.63, 3.8) is 0 Å². The number of benzene rings is 1. The summed E-state index contributed by atoms with van der Waals surface area (Å²) in [7, 11) is 1.15. The normalized spacial score (nSPS) is 10.6. The minimum Gasteiger partial charge on any atom is -0.465 e. The predicted octanol–water partition coefficient (Wildman–Crippen LogP) is 4.64. The first kappa shape index (κ1) is 22.8. The van der Waals surface area contributed by atoms with E-state index in [2.05, 4.69) is 26.0 Å². The Labute approximate surface area is 177 Å². The number of alkyl halides is 2. The van der Waals surface area contributed by atoms with Crippen molar-refractivity contribution in [3.8, 4) is 5.75 Å². The zero-order chi connectivity index (χ0) is 21.7. The fourth-order valence-corrected chi connectivity index (χ4v) is 3.83. The van der Waals surface area contributed by atoms with Crippen LogP contribution >= 0.6 is 27.3 Å². The number of rotatable bonds is 7. The number of esters is 2. The number of amides is 1. The van der Waals surface area contributed by atoms with Crippen LogP contribution in [-0.4, -0.2) is 38.2 Å². The molecule has 156 valence electrons. The Hall–Kier alpha value is -2.53. The Bertz CT molecular complexity index is 947. The lowest BCUT2D eigenvalue weighted by atomic mass is 10.1. The lowest BCUT2D eigenvalue weighted by Gasteiger charge is -2.11. The molecule has 1 N–H and O–H groups in total. The van der Waals surface area contributed by atoms with Gasteiger partial charge >= 0.3 is 18.6 Å². The van der Waals surface area contributed by atoms with Gasteiger partial charge in [-0.15, -0.1) is 11.3 Å². The van der Waals surface area contributed by atoms with E-state index in [0.29, 0.717) is 4.47 Å². The van der Waals surface area contributed by atoms with Crippen LogP contribution in [0.3, 0.4) is 0 Å². The molecule has 1 aromatic carbocycles. The molecule has 0 unspecified atom stereocenters. The Morgan fingerprint density at radius 2 is 1.93 bits per heavy atom. The van der Waals surface area contributed by atoms with Crippen LogP contribution in [0.15, 0.2) is 22.7 Å². The summed E-state index contributed by atoms with van der Waals surface area (Å²) >= 11 is 3.98. The first-order chi connectivity index (χ1) is 13.7. The number of ether oxygens (including phenoxy) is 3. The Morgan fingerprint density at radius 3 is 2.52 bits per heavy atom. The van der Waals surface area contributed by atoms with E-state index >= 15 is 0 Å². The number of carbonyl (C=O) groups excluding carboxylic acids is 3. The van der Waals surface area contributed by atoms with Gasteiger partial charge in [-0.3, -0.25) is 4.79 Å². The molecule has 1 aromatic heterocycles. The summed E-state index contributed by atoms with van der Waals surface area (Å²) in [5.41, 5.74) is 0.0494. The molecule has 0 atom stereocenters. The van der Waals surface area contributed by atoms with Gasteiger partial charge in [0, 0.05) is 4.47 Å². The second kappa shape index (κ2) is 9.79. The monoisotopic (exact) mass is 491 g/mol. The van der Waals surface area contributed by atoms with E-state index in [1.54, 1.807) is 6.92 Å². The molecule has 2 aromatic rings. The molecule has 7 nitrogen and oxygen atoms in total. The smallest absolute Gasteiger partial charge is 0.387 e. The molecule has 0 aliphatic heterocycles. The van der Waals surface area contributed by atoms with Gasteiger partial charge in [-0.2, -0.15) is 8.78 Å². The van der Waals surface area contributed by atoms with Crippen LogP contribution in [0.2, 0.25) is 0 Å². The second-order valence-corrected chi connectivity index (χ2v) is 7.38. The van der Waals surface area contributed by atoms with Crippen molar-refractivity contribution in [3.05, 3.63) is 44.2 Å². The number of anilines is 1. The van der Waals surface area contributed by atoms with Crippen molar-refractivity contribution in [2.75, 3.05) is 19.0 Å². The summed E-state index contributed by atoms with van der Waals surface area (Å²) in [4.78, 5) is 37.2. The minimum atomic E-state index is -3.13. The SMILES string of the molecule is CCOC(=O)c1sc(NC(=O)c2cc(Br)ccc2OC(F)F)c(C(=O)OC)c1C. The fraction of sp³-hybridized carbons (Fsp3) is 0.278. The summed E-state index contributed by atoms with van der Waals surface area (Å²) in [5.74, 6) is -2.60. The van der Waals surface area contributed by atoms with Crippen molar-refractivity contribution < 1.29 is 37.4 Å². The lowest BCUT2D eigenvalue weighted by molar-refractivity contribution is -0.0501. The first-order valence-corrected chi connectivity index (χ1v) is 9.75. The Morgan fingerprint density at radius 1 is 1.24 bits per heavy atom. The second-order valence-electron chi connectivity index (χ2n) is 5.45. The number of nitrogens with one attached hydrogen (secondary N) is 1. The molecule has 0 saturated carbocycles. The van der Waals surface area contributed by atoms with Crippen LogP contribution in [0.5, 0.6) is 5.75 Å². The molecule has 0 fully saturated rings. The van der Waals surface area contributed by atoms with Gasteiger partial charge in [0.1, 0.15) is 15.6 Å². The number of methoxy groups -OCH3 is 1. The van der Waals surface area contributed by atoms with E-state index in [0.717, 1.165) is 18.4 Å². The van der Waals surface area contributed by atoms with Gasteiger partial charge in [-0.1, -0.05) is 15.9 Å². The van der Waals surface area contributed by atoms with Crippen molar-refractivity contribution >= 4 is 50.1 Å². The van der Waals surface area contributed by atoms with Gasteiger partial charge in [0.15, 0.2) is 0 Å². The van der Waals surface area contributed by atoms with Gasteiger partial charge in [0.05, 0.1) is 24.8 Å². The maximum atomic E-state index is 12.7. The average molecular weight is 492 g/mol. The molecular formula is C18H16BrF2NO6S. The highest BCUT2D eigenvalue weighted by Gasteiger charge is 2.28. The van der Waals surface area contributed by atoms with E-state index < -0.39 is 24.5 Å². The molecule has 0 aliphatic carbocycles. The van der Waals surface area contributed by atoms with Crippen LogP contribution in [-0.2, 0) is 9.47 Å². The topological polar surface area (TPSA) is 90.9 Å². The molecule has 0 spiro atoms. The van der Waals surface area contributed by atoms with Crippen LogP contribution in [0.4, 0.5) is 13.8 Å².